The molecule has 0 fully saturated rings. The molecule has 0 bridgehead atoms. The first-order valence-corrected chi connectivity index (χ1v) is 6.85. The molecular formula is C14H19F3N2O2. The van der Waals surface area contributed by atoms with E-state index in [-0.39, 0.29) is 12.5 Å². The highest BCUT2D eigenvalue weighted by molar-refractivity contribution is 5.76. The lowest BCUT2D eigenvalue weighted by Gasteiger charge is -2.22. The molecule has 0 spiro atoms. The van der Waals surface area contributed by atoms with E-state index in [9.17, 15) is 22.8 Å². The van der Waals surface area contributed by atoms with E-state index in [4.69, 9.17) is 0 Å². The second-order valence-electron chi connectivity index (χ2n) is 4.76. The minimum absolute atomic E-state index is 0.347. The number of amides is 1. The predicted molar refractivity (Wildman–Crippen MR) is 72.9 cm³/mol. The number of nitrogens with zero attached hydrogens (tertiary/aromatic N) is 2. The Morgan fingerprint density at radius 2 is 1.76 bits per heavy atom. The molecule has 0 aliphatic carbocycles. The molecule has 0 atom stereocenters. The van der Waals surface area contributed by atoms with Crippen LogP contribution in [0.2, 0.25) is 0 Å². The van der Waals surface area contributed by atoms with Crippen LogP contribution in [0.3, 0.4) is 0 Å². The topological polar surface area (TPSA) is 42.3 Å². The lowest BCUT2D eigenvalue weighted by atomic mass is 10.2. The van der Waals surface area contributed by atoms with E-state index in [2.05, 4.69) is 0 Å². The second-order valence-corrected chi connectivity index (χ2v) is 4.76. The molecule has 118 valence electrons. The Labute approximate surface area is 121 Å². The number of hydrogen-bond acceptors (Lipinski definition) is 2. The normalized spacial score (nSPS) is 11.5. The summed E-state index contributed by atoms with van der Waals surface area (Å²) in [5.74, 6) is -0.347. The van der Waals surface area contributed by atoms with Crippen LogP contribution in [0, 0.1) is 0 Å². The zero-order valence-electron chi connectivity index (χ0n) is 12.1. The number of aromatic nitrogens is 1. The number of rotatable bonds is 6. The average molecular weight is 304 g/mol. The van der Waals surface area contributed by atoms with Gasteiger partial charge in [-0.15, -0.1) is 0 Å². The fraction of sp³-hybridized carbons (Fsp3) is 0.571. The first-order valence-electron chi connectivity index (χ1n) is 6.85. The Morgan fingerprint density at radius 1 is 1.19 bits per heavy atom. The Kier molecular flexibility index (Phi) is 5.99. The Hall–Kier alpha value is -1.79. The van der Waals surface area contributed by atoms with Gasteiger partial charge in [-0.05, 0) is 18.9 Å². The van der Waals surface area contributed by atoms with Crippen LogP contribution in [-0.4, -0.2) is 28.5 Å². The summed E-state index contributed by atoms with van der Waals surface area (Å²) in [6.45, 7) is 4.50. The molecule has 7 heteroatoms. The molecule has 0 radical (unpaired) electrons. The maximum atomic E-state index is 12.6. The third-order valence-electron chi connectivity index (χ3n) is 2.96. The number of halogens is 3. The van der Waals surface area contributed by atoms with E-state index in [0.717, 1.165) is 29.5 Å². The molecule has 0 saturated heterocycles. The molecule has 1 amide bonds. The van der Waals surface area contributed by atoms with Crippen LogP contribution in [0.1, 0.15) is 32.3 Å². The van der Waals surface area contributed by atoms with Gasteiger partial charge in [0.05, 0.1) is 5.56 Å². The average Bonchev–Trinajstić information content (AvgIpc) is 2.39. The summed E-state index contributed by atoms with van der Waals surface area (Å²) >= 11 is 0. The highest BCUT2D eigenvalue weighted by Crippen LogP contribution is 2.27. The molecule has 1 rings (SSSR count). The van der Waals surface area contributed by atoms with Gasteiger partial charge < -0.3 is 9.47 Å². The van der Waals surface area contributed by atoms with Crippen molar-refractivity contribution in [2.75, 3.05) is 13.1 Å². The van der Waals surface area contributed by atoms with Crippen molar-refractivity contribution >= 4 is 5.91 Å². The maximum Gasteiger partial charge on any atom is 0.417 e. The van der Waals surface area contributed by atoms with Gasteiger partial charge in [0.2, 0.25) is 5.91 Å². The molecular weight excluding hydrogens is 285 g/mol. The Morgan fingerprint density at radius 3 is 2.24 bits per heavy atom. The third kappa shape index (κ3) is 4.91. The van der Waals surface area contributed by atoms with E-state index in [1.807, 2.05) is 13.8 Å². The highest BCUT2D eigenvalue weighted by Gasteiger charge is 2.31. The quantitative estimate of drug-likeness (QED) is 0.810. The zero-order chi connectivity index (χ0) is 16.0. The van der Waals surface area contributed by atoms with Gasteiger partial charge in [-0.1, -0.05) is 13.8 Å². The molecule has 0 N–H and O–H groups in total. The maximum absolute atomic E-state index is 12.6. The molecule has 1 aromatic heterocycles. The number of carbonyl (C=O) groups excluding carboxylic acids is 1. The van der Waals surface area contributed by atoms with Crippen molar-refractivity contribution in [1.82, 2.24) is 9.47 Å². The SMILES string of the molecule is CCCN(CCC)C(=O)Cn1cc(C(F)(F)F)ccc1=O. The molecule has 0 aliphatic heterocycles. The molecule has 0 unspecified atom stereocenters. The summed E-state index contributed by atoms with van der Waals surface area (Å²) in [5.41, 5.74) is -1.56. The second kappa shape index (κ2) is 7.28. The van der Waals surface area contributed by atoms with Crippen LogP contribution in [0.15, 0.2) is 23.1 Å². The fourth-order valence-corrected chi connectivity index (χ4v) is 1.97. The summed E-state index contributed by atoms with van der Waals surface area (Å²) in [6.07, 6.45) is -2.34. The van der Waals surface area contributed by atoms with Gasteiger partial charge in [-0.2, -0.15) is 13.2 Å². The van der Waals surface area contributed by atoms with Crippen LogP contribution in [0.4, 0.5) is 13.2 Å². The molecule has 0 saturated carbocycles. The summed E-state index contributed by atoms with van der Waals surface area (Å²) in [7, 11) is 0. The van der Waals surface area contributed by atoms with Crippen molar-refractivity contribution in [2.45, 2.75) is 39.4 Å². The van der Waals surface area contributed by atoms with E-state index in [1.54, 1.807) is 4.90 Å². The van der Waals surface area contributed by atoms with Gasteiger partial charge in [0.1, 0.15) is 6.54 Å². The van der Waals surface area contributed by atoms with E-state index >= 15 is 0 Å². The predicted octanol–water partition coefficient (Wildman–Crippen LogP) is 2.52. The monoisotopic (exact) mass is 304 g/mol. The summed E-state index contributed by atoms with van der Waals surface area (Å²) in [6, 6.07) is 1.55. The summed E-state index contributed by atoms with van der Waals surface area (Å²) < 4.78 is 38.7. The highest BCUT2D eigenvalue weighted by atomic mass is 19.4. The molecule has 1 heterocycles. The van der Waals surface area contributed by atoms with E-state index < -0.39 is 17.3 Å². The minimum atomic E-state index is -4.54. The zero-order valence-corrected chi connectivity index (χ0v) is 12.1. The van der Waals surface area contributed by atoms with E-state index in [0.29, 0.717) is 19.3 Å². The van der Waals surface area contributed by atoms with Gasteiger partial charge in [-0.3, -0.25) is 9.59 Å². The van der Waals surface area contributed by atoms with Gasteiger partial charge in [-0.25, -0.2) is 0 Å². The van der Waals surface area contributed by atoms with Gasteiger partial charge in [0.25, 0.3) is 5.56 Å². The van der Waals surface area contributed by atoms with Crippen molar-refractivity contribution in [3.8, 4) is 0 Å². The van der Waals surface area contributed by atoms with Crippen LogP contribution in [0.25, 0.3) is 0 Å². The van der Waals surface area contributed by atoms with Crippen molar-refractivity contribution < 1.29 is 18.0 Å². The van der Waals surface area contributed by atoms with Crippen LogP contribution in [-0.2, 0) is 17.5 Å². The van der Waals surface area contributed by atoms with Gasteiger partial charge in [0, 0.05) is 25.4 Å². The van der Waals surface area contributed by atoms with Crippen molar-refractivity contribution in [1.29, 1.82) is 0 Å². The molecule has 0 aromatic carbocycles. The summed E-state index contributed by atoms with van der Waals surface area (Å²) in [5, 5.41) is 0. The molecule has 1 aromatic rings. The number of alkyl halides is 3. The third-order valence-corrected chi connectivity index (χ3v) is 2.96. The smallest absolute Gasteiger partial charge is 0.341 e. The Bertz CT molecular complexity index is 532. The lowest BCUT2D eigenvalue weighted by molar-refractivity contribution is -0.138. The number of pyridine rings is 1. The van der Waals surface area contributed by atoms with Gasteiger partial charge >= 0.3 is 6.18 Å². The van der Waals surface area contributed by atoms with E-state index in [1.165, 1.54) is 0 Å². The standard InChI is InChI=1S/C14H19F3N2O2/c1-3-7-18(8-4-2)13(21)10-19-9-11(14(15,16)17)5-6-12(19)20/h5-6,9H,3-4,7-8,10H2,1-2H3. The minimum Gasteiger partial charge on any atom is -0.341 e. The summed E-state index contributed by atoms with van der Waals surface area (Å²) in [4.78, 5) is 25.2. The molecule has 0 aliphatic rings. The first kappa shape index (κ1) is 17.3. The van der Waals surface area contributed by atoms with Crippen molar-refractivity contribution in [3.63, 3.8) is 0 Å². The molecule has 21 heavy (non-hydrogen) atoms. The van der Waals surface area contributed by atoms with Gasteiger partial charge in [0.15, 0.2) is 0 Å². The lowest BCUT2D eigenvalue weighted by Crippen LogP contribution is -2.37. The van der Waals surface area contributed by atoms with Crippen LogP contribution in [0.5, 0.6) is 0 Å². The van der Waals surface area contributed by atoms with Crippen LogP contribution >= 0.6 is 0 Å². The Balaban J connectivity index is 2.95. The largest absolute Gasteiger partial charge is 0.417 e. The van der Waals surface area contributed by atoms with Crippen LogP contribution < -0.4 is 5.56 Å². The van der Waals surface area contributed by atoms with Crippen molar-refractivity contribution in [2.24, 2.45) is 0 Å². The first-order chi connectivity index (χ1) is 9.79. The fourth-order valence-electron chi connectivity index (χ4n) is 1.97. The van der Waals surface area contributed by atoms with Crippen molar-refractivity contribution in [3.05, 3.63) is 34.2 Å². The number of hydrogen-bond donors (Lipinski definition) is 0. The molecule has 4 nitrogen and oxygen atoms in total. The number of carbonyl (C=O) groups is 1.